The van der Waals surface area contributed by atoms with E-state index in [1.807, 2.05) is 13.8 Å². The van der Waals surface area contributed by atoms with Crippen LogP contribution in [0.1, 0.15) is 18.1 Å². The third kappa shape index (κ3) is 4.83. The number of ether oxygens (including phenoxy) is 1. The van der Waals surface area contributed by atoms with Crippen LogP contribution in [-0.2, 0) is 14.8 Å². The van der Waals surface area contributed by atoms with Gasteiger partial charge in [-0.15, -0.1) is 0 Å². The number of benzene rings is 1. The number of aryl methyl sites for hydroxylation is 1. The molecule has 0 amide bonds. The Hall–Kier alpha value is -1.39. The number of aliphatic hydroxyl groups excluding tert-OH is 1. The van der Waals surface area contributed by atoms with Crippen molar-refractivity contribution < 1.29 is 18.3 Å². The number of aliphatic hydroxyl groups is 1. The molecule has 0 aliphatic rings. The molecule has 116 valence electrons. The molecule has 6 heteroatoms. The lowest BCUT2D eigenvalue weighted by Crippen LogP contribution is -2.30. The summed E-state index contributed by atoms with van der Waals surface area (Å²) in [6.07, 6.45) is 0. The normalized spacial score (nSPS) is 11.3. The molecule has 0 heterocycles. The van der Waals surface area contributed by atoms with Crippen molar-refractivity contribution in [3.05, 3.63) is 29.3 Å². The maximum absolute atomic E-state index is 12.6. The zero-order valence-electron chi connectivity index (χ0n) is 12.6. The predicted octanol–water partition coefficient (Wildman–Crippen LogP) is 0.996. The highest BCUT2D eigenvalue weighted by Crippen LogP contribution is 2.20. The van der Waals surface area contributed by atoms with E-state index in [1.165, 1.54) is 11.4 Å². The van der Waals surface area contributed by atoms with Gasteiger partial charge in [0.25, 0.3) is 0 Å². The van der Waals surface area contributed by atoms with E-state index in [4.69, 9.17) is 9.84 Å². The fourth-order valence-corrected chi connectivity index (χ4v) is 3.01. The van der Waals surface area contributed by atoms with Crippen LogP contribution in [0.5, 0.6) is 0 Å². The smallest absolute Gasteiger partial charge is 0.244 e. The lowest BCUT2D eigenvalue weighted by Gasteiger charge is -2.18. The minimum Gasteiger partial charge on any atom is -0.384 e. The zero-order chi connectivity index (χ0) is 15.9. The Morgan fingerprint density at radius 1 is 1.38 bits per heavy atom. The van der Waals surface area contributed by atoms with Gasteiger partial charge in [-0.25, -0.2) is 8.42 Å². The first-order valence-electron chi connectivity index (χ1n) is 6.68. The summed E-state index contributed by atoms with van der Waals surface area (Å²) in [5.74, 6) is 5.19. The van der Waals surface area contributed by atoms with Crippen LogP contribution >= 0.6 is 0 Å². The molecule has 0 aliphatic heterocycles. The minimum absolute atomic E-state index is 0.146. The van der Waals surface area contributed by atoms with E-state index in [0.717, 1.165) is 5.56 Å². The molecular weight excluding hydrogens is 290 g/mol. The summed E-state index contributed by atoms with van der Waals surface area (Å²) in [5.41, 5.74) is 1.31. The first kappa shape index (κ1) is 17.7. The van der Waals surface area contributed by atoms with Crippen LogP contribution in [0.25, 0.3) is 0 Å². The quantitative estimate of drug-likeness (QED) is 0.628. The Morgan fingerprint density at radius 2 is 2.10 bits per heavy atom. The molecule has 21 heavy (non-hydrogen) atoms. The number of sulfonamides is 1. The fourth-order valence-electron chi connectivity index (χ4n) is 1.73. The fraction of sp³-hybridized carbons (Fsp3) is 0.467. The van der Waals surface area contributed by atoms with Crippen molar-refractivity contribution >= 4 is 10.0 Å². The molecule has 0 radical (unpaired) electrons. The number of hydrogen-bond acceptors (Lipinski definition) is 4. The highest BCUT2D eigenvalue weighted by atomic mass is 32.2. The number of nitrogens with zero attached hydrogens (tertiary/aromatic N) is 1. The summed E-state index contributed by atoms with van der Waals surface area (Å²) < 4.78 is 31.6. The molecule has 0 aromatic heterocycles. The lowest BCUT2D eigenvalue weighted by molar-refractivity contribution is 0.138. The van der Waals surface area contributed by atoms with Crippen molar-refractivity contribution in [3.63, 3.8) is 0 Å². The van der Waals surface area contributed by atoms with E-state index in [9.17, 15) is 8.42 Å². The molecule has 0 bridgehead atoms. The molecule has 0 fully saturated rings. The largest absolute Gasteiger partial charge is 0.384 e. The molecule has 0 saturated heterocycles. The number of rotatable bonds is 6. The molecule has 0 atom stereocenters. The van der Waals surface area contributed by atoms with Crippen LogP contribution in [0.15, 0.2) is 23.1 Å². The van der Waals surface area contributed by atoms with Crippen molar-refractivity contribution in [2.45, 2.75) is 18.7 Å². The molecule has 1 aromatic carbocycles. The van der Waals surface area contributed by atoms with Gasteiger partial charge in [-0.3, -0.25) is 0 Å². The second kappa shape index (κ2) is 8.15. The van der Waals surface area contributed by atoms with Crippen LogP contribution in [0, 0.1) is 18.8 Å². The van der Waals surface area contributed by atoms with Crippen molar-refractivity contribution in [2.75, 3.05) is 33.4 Å². The molecule has 1 rings (SSSR count). The summed E-state index contributed by atoms with van der Waals surface area (Å²) in [5, 5.41) is 8.79. The molecule has 0 unspecified atom stereocenters. The maximum Gasteiger partial charge on any atom is 0.244 e. The molecule has 5 nitrogen and oxygen atoms in total. The monoisotopic (exact) mass is 311 g/mol. The van der Waals surface area contributed by atoms with Gasteiger partial charge in [-0.05, 0) is 31.5 Å². The Balaban J connectivity index is 3.12. The molecule has 1 aromatic rings. The average molecular weight is 311 g/mol. The zero-order valence-corrected chi connectivity index (χ0v) is 13.4. The van der Waals surface area contributed by atoms with E-state index >= 15 is 0 Å². The lowest BCUT2D eigenvalue weighted by atomic mass is 10.1. The van der Waals surface area contributed by atoms with Crippen LogP contribution in [-0.4, -0.2) is 51.2 Å². The van der Waals surface area contributed by atoms with Gasteiger partial charge in [-0.2, -0.15) is 4.31 Å². The van der Waals surface area contributed by atoms with Gasteiger partial charge in [0.15, 0.2) is 0 Å². The molecule has 1 N–H and O–H groups in total. The van der Waals surface area contributed by atoms with Crippen LogP contribution in [0.4, 0.5) is 0 Å². The van der Waals surface area contributed by atoms with Crippen LogP contribution in [0.2, 0.25) is 0 Å². The highest BCUT2D eigenvalue weighted by molar-refractivity contribution is 7.89. The maximum atomic E-state index is 12.6. The Morgan fingerprint density at radius 3 is 2.71 bits per heavy atom. The molecule has 0 saturated carbocycles. The van der Waals surface area contributed by atoms with Gasteiger partial charge in [0.05, 0.1) is 11.5 Å². The standard InChI is InChI=1S/C15H21NO4S/c1-4-20-11-9-16(3)21(18,19)15-8-7-13(2)12-14(15)6-5-10-17/h7-8,12,17H,4,9-11H2,1-3H3. The first-order valence-corrected chi connectivity index (χ1v) is 8.12. The van der Waals surface area contributed by atoms with E-state index in [-0.39, 0.29) is 18.0 Å². The second-order valence-electron chi connectivity index (χ2n) is 4.48. The van der Waals surface area contributed by atoms with Gasteiger partial charge in [-0.1, -0.05) is 17.9 Å². The Kier molecular flexibility index (Phi) is 6.85. The molecule has 0 spiro atoms. The van der Waals surface area contributed by atoms with Gasteiger partial charge in [0.2, 0.25) is 10.0 Å². The Bertz CT molecular complexity index is 629. The highest BCUT2D eigenvalue weighted by Gasteiger charge is 2.23. The van der Waals surface area contributed by atoms with Gasteiger partial charge < -0.3 is 9.84 Å². The van der Waals surface area contributed by atoms with E-state index in [0.29, 0.717) is 18.8 Å². The topological polar surface area (TPSA) is 66.8 Å². The third-order valence-corrected chi connectivity index (χ3v) is 4.80. The third-order valence-electron chi connectivity index (χ3n) is 2.88. The van der Waals surface area contributed by atoms with Gasteiger partial charge >= 0.3 is 0 Å². The predicted molar refractivity (Wildman–Crippen MR) is 81.5 cm³/mol. The minimum atomic E-state index is -3.63. The SMILES string of the molecule is CCOCCN(C)S(=O)(=O)c1ccc(C)cc1C#CCO. The van der Waals surface area contributed by atoms with Crippen LogP contribution < -0.4 is 0 Å². The number of likely N-dealkylation sites (N-methyl/N-ethyl adjacent to an activating group) is 1. The average Bonchev–Trinajstić information content (AvgIpc) is 2.45. The summed E-state index contributed by atoms with van der Waals surface area (Å²) in [4.78, 5) is 0.146. The number of hydrogen-bond donors (Lipinski definition) is 1. The van der Waals surface area contributed by atoms with E-state index in [1.54, 1.807) is 18.2 Å². The van der Waals surface area contributed by atoms with E-state index < -0.39 is 10.0 Å². The van der Waals surface area contributed by atoms with Gasteiger partial charge in [0, 0.05) is 25.8 Å². The van der Waals surface area contributed by atoms with Crippen molar-refractivity contribution in [3.8, 4) is 11.8 Å². The summed E-state index contributed by atoms with van der Waals surface area (Å²) in [7, 11) is -2.12. The molecule has 0 aliphatic carbocycles. The summed E-state index contributed by atoms with van der Waals surface area (Å²) in [6, 6.07) is 4.97. The molecular formula is C15H21NO4S. The van der Waals surface area contributed by atoms with Crippen molar-refractivity contribution in [2.24, 2.45) is 0 Å². The van der Waals surface area contributed by atoms with E-state index in [2.05, 4.69) is 11.8 Å². The van der Waals surface area contributed by atoms with Crippen LogP contribution in [0.3, 0.4) is 0 Å². The van der Waals surface area contributed by atoms with Crippen molar-refractivity contribution in [1.29, 1.82) is 0 Å². The summed E-state index contributed by atoms with van der Waals surface area (Å²) >= 11 is 0. The first-order chi connectivity index (χ1) is 9.93. The Labute approximate surface area is 126 Å². The summed E-state index contributed by atoms with van der Waals surface area (Å²) in [6.45, 7) is 4.57. The van der Waals surface area contributed by atoms with Gasteiger partial charge in [0.1, 0.15) is 6.61 Å². The van der Waals surface area contributed by atoms with Crippen molar-refractivity contribution in [1.82, 2.24) is 4.31 Å². The second-order valence-corrected chi connectivity index (χ2v) is 6.50.